The number of likely N-dealkylation sites (N-methyl/N-ethyl adjacent to an activating group) is 1. The molecule has 0 unspecified atom stereocenters. The summed E-state index contributed by atoms with van der Waals surface area (Å²) >= 11 is 0. The first-order valence-corrected chi connectivity index (χ1v) is 13.0. The Morgan fingerprint density at radius 1 is 1.12 bits per heavy atom. The van der Waals surface area contributed by atoms with E-state index in [0.717, 1.165) is 16.6 Å². The number of rotatable bonds is 5. The summed E-state index contributed by atoms with van der Waals surface area (Å²) in [5.41, 5.74) is 3.96. The second kappa shape index (κ2) is 9.33. The number of amides is 1. The van der Waals surface area contributed by atoms with E-state index in [0.29, 0.717) is 17.5 Å². The van der Waals surface area contributed by atoms with Gasteiger partial charge in [-0.05, 0) is 57.1 Å². The molecule has 2 aromatic rings. The first-order chi connectivity index (χ1) is 18.8. The highest BCUT2D eigenvalue weighted by molar-refractivity contribution is 6.25. The van der Waals surface area contributed by atoms with Crippen molar-refractivity contribution in [2.45, 2.75) is 31.0 Å². The molecular formula is C29H34N4O7. The predicted octanol–water partition coefficient (Wildman–Crippen LogP) is 1.06. The molecule has 0 heterocycles. The number of nitrogens with two attached hydrogens (primary N) is 1. The predicted molar refractivity (Wildman–Crippen MR) is 148 cm³/mol. The third-order valence-corrected chi connectivity index (χ3v) is 8.56. The van der Waals surface area contributed by atoms with Gasteiger partial charge >= 0.3 is 0 Å². The number of Topliss-reactive ketones (excluding diaryl/α,β-unsaturated/α-hetero) is 2. The van der Waals surface area contributed by atoms with Crippen LogP contribution in [0.15, 0.2) is 40.9 Å². The number of carbonyl (C=O) groups is 3. The van der Waals surface area contributed by atoms with Gasteiger partial charge in [0.1, 0.15) is 22.8 Å². The number of phenols is 1. The fourth-order valence-electron chi connectivity index (χ4n) is 6.97. The molecule has 0 aliphatic heterocycles. The molecule has 0 bridgehead atoms. The lowest BCUT2D eigenvalue weighted by atomic mass is 9.58. The normalized spacial score (nSPS) is 26.2. The quantitative estimate of drug-likeness (QED) is 0.295. The number of benzene rings is 2. The van der Waals surface area contributed by atoms with Crippen molar-refractivity contribution in [1.29, 1.82) is 0 Å². The average Bonchev–Trinajstić information content (AvgIpc) is 2.86. The van der Waals surface area contributed by atoms with Crippen LogP contribution in [0.5, 0.6) is 5.75 Å². The number of aliphatic hydroxyl groups is 3. The Balaban J connectivity index is 1.78. The minimum Gasteiger partial charge on any atom is -0.510 e. The number of allylic oxidation sites excluding steroid dienone is 1. The number of hydrogen-bond acceptors (Lipinski definition) is 10. The van der Waals surface area contributed by atoms with Gasteiger partial charge in [0.15, 0.2) is 11.4 Å². The summed E-state index contributed by atoms with van der Waals surface area (Å²) in [5, 5.41) is 50.0. The minimum atomic E-state index is -2.67. The van der Waals surface area contributed by atoms with E-state index in [4.69, 9.17) is 5.73 Å². The van der Waals surface area contributed by atoms with Crippen LogP contribution in [-0.2, 0) is 22.6 Å². The van der Waals surface area contributed by atoms with Gasteiger partial charge in [-0.15, -0.1) is 0 Å². The number of carbonyl (C=O) groups excluding carboxylic acids is 3. The van der Waals surface area contributed by atoms with Crippen LogP contribution in [-0.4, -0.2) is 89.7 Å². The zero-order valence-electron chi connectivity index (χ0n) is 23.1. The first kappa shape index (κ1) is 27.6. The largest absolute Gasteiger partial charge is 0.510 e. The molecule has 0 saturated heterocycles. The van der Waals surface area contributed by atoms with Crippen LogP contribution in [0.1, 0.15) is 27.9 Å². The van der Waals surface area contributed by atoms with Crippen LogP contribution >= 0.6 is 0 Å². The molecule has 3 aliphatic rings. The standard InChI is InChI=1S/C29H34N4O7/c1-31-11-12-6-7-14-15(8-12)23(34)19-16(21(14)32(2)3)9-13-10-17-22(33(4)5)25(36)20(28(30)39)27(38)29(17,40)26(37)18(13)24(19)35/h6-8,13,17,22,31,34,36-37,40H,9-11H2,1-5H3,(H2,30,39)/t13-,17-,22-,29-/m0/s1. The molecular weight excluding hydrogens is 516 g/mol. The summed E-state index contributed by atoms with van der Waals surface area (Å²) in [6, 6.07) is 4.61. The van der Waals surface area contributed by atoms with Crippen molar-refractivity contribution in [2.75, 3.05) is 40.1 Å². The van der Waals surface area contributed by atoms with Crippen LogP contribution < -0.4 is 16.0 Å². The van der Waals surface area contributed by atoms with Crippen molar-refractivity contribution in [1.82, 2.24) is 10.2 Å². The van der Waals surface area contributed by atoms with Gasteiger partial charge < -0.3 is 36.4 Å². The lowest BCUT2D eigenvalue weighted by Gasteiger charge is -2.50. The van der Waals surface area contributed by atoms with E-state index in [1.54, 1.807) is 27.2 Å². The Bertz CT molecular complexity index is 1560. The number of phenolic OH excluding ortho intramolecular Hbond substituents is 1. The Morgan fingerprint density at radius 3 is 2.38 bits per heavy atom. The van der Waals surface area contributed by atoms with Crippen LogP contribution in [0.3, 0.4) is 0 Å². The summed E-state index contributed by atoms with van der Waals surface area (Å²) in [6.07, 6.45) is 0.266. The summed E-state index contributed by atoms with van der Waals surface area (Å²) in [7, 11) is 8.69. The Labute approximate surface area is 231 Å². The van der Waals surface area contributed by atoms with Gasteiger partial charge in [0, 0.05) is 48.6 Å². The van der Waals surface area contributed by atoms with E-state index in [-0.39, 0.29) is 29.7 Å². The van der Waals surface area contributed by atoms with E-state index in [1.165, 1.54) is 4.90 Å². The zero-order chi connectivity index (χ0) is 29.4. The van der Waals surface area contributed by atoms with Gasteiger partial charge in [-0.3, -0.25) is 19.3 Å². The van der Waals surface area contributed by atoms with E-state index in [9.17, 15) is 34.8 Å². The SMILES string of the molecule is CNCc1ccc2c(N(C)C)c3c(c(O)c2c1)C(=O)C1=C(O)[C@]2(O)C(=O)C(C(N)=O)=C(O)[C@@H](N(C)C)[C@@H]2C[C@@H]1C3. The van der Waals surface area contributed by atoms with Gasteiger partial charge in [-0.2, -0.15) is 0 Å². The van der Waals surface area contributed by atoms with Crippen molar-refractivity contribution in [3.05, 3.63) is 57.6 Å². The fourth-order valence-corrected chi connectivity index (χ4v) is 6.97. The van der Waals surface area contributed by atoms with Crippen LogP contribution in [0, 0.1) is 11.8 Å². The van der Waals surface area contributed by atoms with Crippen molar-refractivity contribution >= 4 is 33.9 Å². The maximum absolute atomic E-state index is 14.1. The third-order valence-electron chi connectivity index (χ3n) is 8.56. The Morgan fingerprint density at radius 2 is 1.80 bits per heavy atom. The molecule has 2 aromatic carbocycles. The number of primary amides is 1. The molecule has 40 heavy (non-hydrogen) atoms. The lowest BCUT2D eigenvalue weighted by molar-refractivity contribution is -0.148. The van der Waals surface area contributed by atoms with Gasteiger partial charge in [-0.1, -0.05) is 12.1 Å². The maximum Gasteiger partial charge on any atom is 0.255 e. The van der Waals surface area contributed by atoms with E-state index in [2.05, 4.69) is 5.32 Å². The van der Waals surface area contributed by atoms with E-state index in [1.807, 2.05) is 31.1 Å². The molecule has 3 aliphatic carbocycles. The second-order valence-electron chi connectivity index (χ2n) is 11.3. The number of aromatic hydroxyl groups is 1. The number of fused-ring (bicyclic) bond motifs is 4. The summed E-state index contributed by atoms with van der Waals surface area (Å²) in [6.45, 7) is 0.540. The van der Waals surface area contributed by atoms with E-state index < -0.39 is 58.0 Å². The molecule has 4 atom stereocenters. The van der Waals surface area contributed by atoms with Crippen molar-refractivity contribution < 1.29 is 34.8 Å². The highest BCUT2D eigenvalue weighted by atomic mass is 16.3. The number of nitrogens with zero attached hydrogens (tertiary/aromatic N) is 2. The highest BCUT2D eigenvalue weighted by Crippen LogP contribution is 2.54. The van der Waals surface area contributed by atoms with Crippen LogP contribution in [0.4, 0.5) is 5.69 Å². The molecule has 11 heteroatoms. The molecule has 1 amide bonds. The van der Waals surface area contributed by atoms with Crippen molar-refractivity contribution in [3.8, 4) is 5.75 Å². The van der Waals surface area contributed by atoms with Crippen molar-refractivity contribution in [2.24, 2.45) is 17.6 Å². The smallest absolute Gasteiger partial charge is 0.255 e. The van der Waals surface area contributed by atoms with Gasteiger partial charge in [0.05, 0.1) is 11.6 Å². The number of nitrogens with one attached hydrogen (secondary N) is 1. The number of hydrogen-bond donors (Lipinski definition) is 6. The monoisotopic (exact) mass is 550 g/mol. The van der Waals surface area contributed by atoms with Crippen LogP contribution in [0.2, 0.25) is 0 Å². The molecule has 0 fully saturated rings. The average molecular weight is 551 g/mol. The summed E-state index contributed by atoms with van der Waals surface area (Å²) < 4.78 is 0. The first-order valence-electron chi connectivity index (χ1n) is 13.0. The zero-order valence-corrected chi connectivity index (χ0v) is 23.1. The molecule has 0 spiro atoms. The summed E-state index contributed by atoms with van der Waals surface area (Å²) in [5.74, 6) is -6.62. The molecule has 7 N–H and O–H groups in total. The topological polar surface area (TPSA) is 177 Å². The van der Waals surface area contributed by atoms with Crippen LogP contribution in [0.25, 0.3) is 10.8 Å². The maximum atomic E-state index is 14.1. The molecule has 0 saturated carbocycles. The lowest BCUT2D eigenvalue weighted by Crippen LogP contribution is -2.63. The Kier molecular flexibility index (Phi) is 6.44. The number of aliphatic hydroxyl groups excluding tert-OH is 2. The highest BCUT2D eigenvalue weighted by Gasteiger charge is 2.63. The van der Waals surface area contributed by atoms with Gasteiger partial charge in [-0.25, -0.2) is 0 Å². The van der Waals surface area contributed by atoms with E-state index >= 15 is 0 Å². The van der Waals surface area contributed by atoms with Crippen molar-refractivity contribution in [3.63, 3.8) is 0 Å². The minimum absolute atomic E-state index is 0.00131. The van der Waals surface area contributed by atoms with Gasteiger partial charge in [0.2, 0.25) is 5.78 Å². The Hall–Kier alpha value is -3.93. The molecule has 5 rings (SSSR count). The number of ketones is 2. The summed E-state index contributed by atoms with van der Waals surface area (Å²) in [4.78, 5) is 43.2. The molecule has 212 valence electrons. The third kappa shape index (κ3) is 3.58. The van der Waals surface area contributed by atoms with Gasteiger partial charge in [0.25, 0.3) is 5.91 Å². The second-order valence-corrected chi connectivity index (χ2v) is 11.3. The fraction of sp³-hybridized carbons (Fsp3) is 0.414. The number of anilines is 1. The molecule has 0 aromatic heterocycles. The molecule has 0 radical (unpaired) electrons. The molecule has 11 nitrogen and oxygen atoms in total.